The van der Waals surface area contributed by atoms with Gasteiger partial charge >= 0.3 is 51.4 Å². The third-order valence-electron chi connectivity index (χ3n) is 4.41. The van der Waals surface area contributed by atoms with Crippen LogP contribution in [0.3, 0.4) is 0 Å². The molecule has 0 bridgehead atoms. The Bertz CT molecular complexity index is 543. The standard InChI is InChI=1S/C16H34O4S.C5H5NO.K/c1-2-3-4-5-6-7-8-9-10-11-12-13-14-15-16-20-21(17,18)19;7-6-4-2-1-3-5-6;/h2-16H2,1H3,(H,17,18,19);1-5H;/q;;+1/p-1. The molecule has 0 saturated heterocycles. The minimum absolute atomic E-state index is 0. The van der Waals surface area contributed by atoms with Gasteiger partial charge in [-0.25, -0.2) is 8.42 Å². The third-order valence-corrected chi connectivity index (χ3v) is 4.87. The van der Waals surface area contributed by atoms with Crippen LogP contribution < -0.4 is 56.1 Å². The fraction of sp³-hybridized carbons (Fsp3) is 0.762. The van der Waals surface area contributed by atoms with Crippen molar-refractivity contribution in [2.45, 2.75) is 96.8 Å². The van der Waals surface area contributed by atoms with Crippen LogP contribution in [0.1, 0.15) is 96.8 Å². The van der Waals surface area contributed by atoms with Crippen molar-refractivity contribution < 1.29 is 73.3 Å². The molecule has 0 aliphatic rings. The van der Waals surface area contributed by atoms with Gasteiger partial charge in [0.2, 0.25) is 10.4 Å². The van der Waals surface area contributed by atoms with Gasteiger partial charge in [-0.3, -0.25) is 4.18 Å². The van der Waals surface area contributed by atoms with Gasteiger partial charge in [-0.1, -0.05) is 96.5 Å². The number of aromatic nitrogens is 1. The molecule has 0 spiro atoms. The zero-order valence-corrected chi connectivity index (χ0v) is 22.3. The number of rotatable bonds is 16. The second kappa shape index (κ2) is 23.1. The number of unbranched alkanes of at least 4 members (excludes halogenated alkanes) is 13. The molecule has 1 aromatic heterocycles. The van der Waals surface area contributed by atoms with Crippen LogP contribution in [0.4, 0.5) is 0 Å². The van der Waals surface area contributed by atoms with Crippen molar-refractivity contribution in [2.75, 3.05) is 6.61 Å². The first-order chi connectivity index (χ1) is 13.5. The summed E-state index contributed by atoms with van der Waals surface area (Å²) in [6.07, 6.45) is 20.3. The van der Waals surface area contributed by atoms with Crippen LogP contribution in [0.25, 0.3) is 0 Å². The van der Waals surface area contributed by atoms with Gasteiger partial charge in [0, 0.05) is 12.1 Å². The van der Waals surface area contributed by atoms with E-state index in [4.69, 9.17) is 0 Å². The first kappa shape index (κ1) is 31.6. The van der Waals surface area contributed by atoms with Crippen molar-refractivity contribution in [1.82, 2.24) is 0 Å². The molecular weight excluding hydrogens is 417 g/mol. The zero-order valence-electron chi connectivity index (χ0n) is 18.4. The second-order valence-electron chi connectivity index (χ2n) is 7.06. The number of hydrogen-bond donors (Lipinski definition) is 0. The molecular formula is C21H38KNO5S. The Kier molecular flexibility index (Phi) is 25.2. The largest absolute Gasteiger partial charge is 1.00 e. The topological polar surface area (TPSA) is 93.4 Å². The van der Waals surface area contributed by atoms with Crippen LogP contribution >= 0.6 is 0 Å². The Labute approximate surface area is 220 Å². The monoisotopic (exact) mass is 455 g/mol. The minimum Gasteiger partial charge on any atom is -0.726 e. The van der Waals surface area contributed by atoms with E-state index in [1.165, 1.54) is 83.0 Å². The van der Waals surface area contributed by atoms with Gasteiger partial charge in [0.15, 0.2) is 12.4 Å². The van der Waals surface area contributed by atoms with Gasteiger partial charge in [-0.15, -0.1) is 0 Å². The van der Waals surface area contributed by atoms with Crippen molar-refractivity contribution >= 4 is 10.4 Å². The molecule has 0 fully saturated rings. The maximum absolute atomic E-state index is 10.2. The first-order valence-corrected chi connectivity index (χ1v) is 12.0. The molecule has 0 aliphatic heterocycles. The Balaban J connectivity index is 0. The van der Waals surface area contributed by atoms with E-state index in [9.17, 15) is 18.2 Å². The summed E-state index contributed by atoms with van der Waals surface area (Å²) in [6.45, 7) is 2.28. The summed E-state index contributed by atoms with van der Waals surface area (Å²) in [5.41, 5.74) is 0. The molecule has 164 valence electrons. The second-order valence-corrected chi connectivity index (χ2v) is 8.11. The molecule has 0 aromatic carbocycles. The van der Waals surface area contributed by atoms with Crippen LogP contribution in [0.15, 0.2) is 30.6 Å². The number of hydrogen-bond acceptors (Lipinski definition) is 5. The summed E-state index contributed by atoms with van der Waals surface area (Å²) in [7, 11) is -4.49. The molecule has 8 heteroatoms. The van der Waals surface area contributed by atoms with Crippen LogP contribution in [0.2, 0.25) is 0 Å². The van der Waals surface area contributed by atoms with Crippen molar-refractivity contribution in [3.05, 3.63) is 35.8 Å². The smallest absolute Gasteiger partial charge is 0.726 e. The zero-order chi connectivity index (χ0) is 20.9. The van der Waals surface area contributed by atoms with Gasteiger partial charge < -0.3 is 9.76 Å². The molecule has 1 aromatic rings. The molecule has 0 saturated carbocycles. The van der Waals surface area contributed by atoms with Crippen molar-refractivity contribution in [2.24, 2.45) is 0 Å². The fourth-order valence-electron chi connectivity index (χ4n) is 2.84. The van der Waals surface area contributed by atoms with Crippen LogP contribution in [0, 0.1) is 5.21 Å². The Morgan fingerprint density at radius 1 is 0.724 bits per heavy atom. The van der Waals surface area contributed by atoms with Crippen molar-refractivity contribution in [3.63, 3.8) is 0 Å². The minimum atomic E-state index is -4.49. The van der Waals surface area contributed by atoms with E-state index in [1.54, 1.807) is 18.2 Å². The summed E-state index contributed by atoms with van der Waals surface area (Å²) in [5, 5.41) is 10.2. The predicted molar refractivity (Wildman–Crippen MR) is 111 cm³/mol. The Morgan fingerprint density at radius 2 is 1.10 bits per heavy atom. The average molecular weight is 456 g/mol. The van der Waals surface area contributed by atoms with Crippen LogP contribution in [0.5, 0.6) is 0 Å². The van der Waals surface area contributed by atoms with Gasteiger partial charge in [0.25, 0.3) is 0 Å². The quantitative estimate of drug-likeness (QED) is 0.0952. The van der Waals surface area contributed by atoms with E-state index in [-0.39, 0.29) is 58.0 Å². The molecule has 29 heavy (non-hydrogen) atoms. The molecule has 1 heterocycles. The molecule has 0 aliphatic carbocycles. The van der Waals surface area contributed by atoms with Gasteiger partial charge in [-0.2, -0.15) is 4.73 Å². The Morgan fingerprint density at radius 3 is 1.41 bits per heavy atom. The molecule has 0 unspecified atom stereocenters. The van der Waals surface area contributed by atoms with E-state index >= 15 is 0 Å². The van der Waals surface area contributed by atoms with Gasteiger partial charge in [-0.05, 0) is 6.42 Å². The van der Waals surface area contributed by atoms with Gasteiger partial charge in [0.1, 0.15) is 0 Å². The third kappa shape index (κ3) is 28.5. The normalized spacial score (nSPS) is 10.7. The first-order valence-electron chi connectivity index (χ1n) is 10.7. The van der Waals surface area contributed by atoms with E-state index < -0.39 is 10.4 Å². The molecule has 0 atom stereocenters. The summed E-state index contributed by atoms with van der Waals surface area (Å²) in [5.74, 6) is 0. The van der Waals surface area contributed by atoms with Crippen molar-refractivity contribution in [3.8, 4) is 0 Å². The molecule has 6 nitrogen and oxygen atoms in total. The number of pyridine rings is 1. The van der Waals surface area contributed by atoms with Crippen molar-refractivity contribution in [1.29, 1.82) is 0 Å². The summed E-state index contributed by atoms with van der Waals surface area (Å²) >= 11 is 0. The molecule has 0 radical (unpaired) electrons. The molecule has 0 N–H and O–H groups in total. The summed E-state index contributed by atoms with van der Waals surface area (Å²) < 4.78 is 35.5. The van der Waals surface area contributed by atoms with E-state index in [1.807, 2.05) is 0 Å². The summed E-state index contributed by atoms with van der Waals surface area (Å²) in [4.78, 5) is 0. The Hall–Kier alpha value is 0.456. The van der Waals surface area contributed by atoms with Gasteiger partial charge in [0.05, 0.1) is 6.61 Å². The number of nitrogens with zero attached hydrogens (tertiary/aromatic N) is 1. The van der Waals surface area contributed by atoms with E-state index in [2.05, 4.69) is 11.1 Å². The molecule has 0 amide bonds. The molecule has 1 rings (SSSR count). The van der Waals surface area contributed by atoms with E-state index in [0.29, 0.717) is 6.42 Å². The van der Waals surface area contributed by atoms with E-state index in [0.717, 1.165) is 17.6 Å². The van der Waals surface area contributed by atoms with Crippen LogP contribution in [-0.4, -0.2) is 19.6 Å². The predicted octanol–water partition coefficient (Wildman–Crippen LogP) is 2.27. The fourth-order valence-corrected chi connectivity index (χ4v) is 3.16. The maximum Gasteiger partial charge on any atom is 1.00 e. The maximum atomic E-state index is 10.2. The SMILES string of the molecule is CCCCCCCCCCCCCCCCOS(=O)(=O)[O-].[K+].[O-][n+]1ccccc1. The average Bonchev–Trinajstić information content (AvgIpc) is 2.65. The van der Waals surface area contributed by atoms with Crippen LogP contribution in [-0.2, 0) is 14.6 Å². The summed E-state index contributed by atoms with van der Waals surface area (Å²) in [6, 6.07) is 5.18.